The summed E-state index contributed by atoms with van der Waals surface area (Å²) in [5, 5.41) is 10.7. The number of aromatic hydroxyl groups is 1. The summed E-state index contributed by atoms with van der Waals surface area (Å²) in [6.45, 7) is 2.15. The molecule has 23 heavy (non-hydrogen) atoms. The van der Waals surface area contributed by atoms with Crippen molar-refractivity contribution in [2.45, 2.75) is 19.8 Å². The molecular formula is C19H20O4. The summed E-state index contributed by atoms with van der Waals surface area (Å²) in [6, 6.07) is 11.3. The van der Waals surface area contributed by atoms with Crippen LogP contribution in [0.4, 0.5) is 0 Å². The van der Waals surface area contributed by atoms with E-state index in [4.69, 9.17) is 13.9 Å². The number of hydrogen-bond donors (Lipinski definition) is 1. The molecule has 1 N–H and O–H groups in total. The largest absolute Gasteiger partial charge is 0.504 e. The molecule has 2 aromatic carbocycles. The highest BCUT2D eigenvalue weighted by atomic mass is 16.5. The number of aryl methyl sites for hydroxylation is 1. The quantitative estimate of drug-likeness (QED) is 0.737. The summed E-state index contributed by atoms with van der Waals surface area (Å²) in [7, 11) is 3.17. The molecule has 0 aliphatic rings. The second-order valence-electron chi connectivity index (χ2n) is 5.46. The van der Waals surface area contributed by atoms with Crippen LogP contribution >= 0.6 is 0 Å². The fourth-order valence-electron chi connectivity index (χ4n) is 2.74. The molecule has 3 aromatic rings. The second-order valence-corrected chi connectivity index (χ2v) is 5.46. The van der Waals surface area contributed by atoms with Gasteiger partial charge in [0.25, 0.3) is 0 Å². The van der Waals surface area contributed by atoms with Gasteiger partial charge in [-0.1, -0.05) is 13.3 Å². The van der Waals surface area contributed by atoms with Crippen molar-refractivity contribution < 1.29 is 19.0 Å². The molecule has 4 heteroatoms. The van der Waals surface area contributed by atoms with Crippen LogP contribution in [0.2, 0.25) is 0 Å². The van der Waals surface area contributed by atoms with Gasteiger partial charge in [-0.3, -0.25) is 0 Å². The Morgan fingerprint density at radius 2 is 1.78 bits per heavy atom. The lowest BCUT2D eigenvalue weighted by Gasteiger charge is -2.05. The first-order chi connectivity index (χ1) is 11.2. The zero-order valence-corrected chi connectivity index (χ0v) is 13.6. The van der Waals surface area contributed by atoms with Crippen molar-refractivity contribution in [2.24, 2.45) is 0 Å². The van der Waals surface area contributed by atoms with Gasteiger partial charge in [0, 0.05) is 10.9 Å². The number of hydrogen-bond acceptors (Lipinski definition) is 4. The van der Waals surface area contributed by atoms with Gasteiger partial charge in [0.15, 0.2) is 22.8 Å². The molecule has 1 heterocycles. The van der Waals surface area contributed by atoms with E-state index < -0.39 is 0 Å². The smallest absolute Gasteiger partial charge is 0.176 e. The van der Waals surface area contributed by atoms with Crippen molar-refractivity contribution in [3.8, 4) is 28.6 Å². The van der Waals surface area contributed by atoms with E-state index in [9.17, 15) is 5.11 Å². The molecule has 0 amide bonds. The maximum Gasteiger partial charge on any atom is 0.176 e. The van der Waals surface area contributed by atoms with E-state index in [2.05, 4.69) is 13.0 Å². The Balaban J connectivity index is 2.12. The summed E-state index contributed by atoms with van der Waals surface area (Å²) in [5.41, 5.74) is 2.80. The van der Waals surface area contributed by atoms with Crippen molar-refractivity contribution >= 4 is 11.0 Å². The highest BCUT2D eigenvalue weighted by molar-refractivity contribution is 5.88. The minimum Gasteiger partial charge on any atom is -0.504 e. The Hall–Kier alpha value is -2.62. The van der Waals surface area contributed by atoms with E-state index in [-0.39, 0.29) is 5.75 Å². The average molecular weight is 312 g/mol. The maximum absolute atomic E-state index is 9.72. The standard InChI is InChI=1S/C19H20O4/c1-4-5-12-8-14-11-16(23-19(14)18(9-12)22-3)13-6-7-15(20)17(10-13)21-2/h6-11,20H,4-5H2,1-3H3. The predicted molar refractivity (Wildman–Crippen MR) is 90.4 cm³/mol. The third kappa shape index (κ3) is 2.84. The van der Waals surface area contributed by atoms with E-state index in [1.807, 2.05) is 12.1 Å². The van der Waals surface area contributed by atoms with Gasteiger partial charge in [0.05, 0.1) is 14.2 Å². The molecule has 0 aliphatic heterocycles. The molecule has 0 spiro atoms. The van der Waals surface area contributed by atoms with Crippen LogP contribution < -0.4 is 9.47 Å². The minimum absolute atomic E-state index is 0.107. The van der Waals surface area contributed by atoms with Gasteiger partial charge < -0.3 is 19.0 Å². The van der Waals surface area contributed by atoms with Crippen molar-refractivity contribution in [1.29, 1.82) is 0 Å². The fourth-order valence-corrected chi connectivity index (χ4v) is 2.74. The summed E-state index contributed by atoms with van der Waals surface area (Å²) < 4.78 is 16.6. The van der Waals surface area contributed by atoms with Gasteiger partial charge in [-0.05, 0) is 48.4 Å². The zero-order chi connectivity index (χ0) is 16.4. The predicted octanol–water partition coefficient (Wildman–Crippen LogP) is 4.78. The molecule has 1 aromatic heterocycles. The Kier molecular flexibility index (Phi) is 4.15. The van der Waals surface area contributed by atoms with E-state index >= 15 is 0 Å². The average Bonchev–Trinajstić information content (AvgIpc) is 2.98. The van der Waals surface area contributed by atoms with Gasteiger partial charge in [-0.2, -0.15) is 0 Å². The van der Waals surface area contributed by atoms with Crippen molar-refractivity contribution in [2.75, 3.05) is 14.2 Å². The molecule has 0 saturated carbocycles. The molecule has 0 fully saturated rings. The third-order valence-corrected chi connectivity index (χ3v) is 3.86. The van der Waals surface area contributed by atoms with Gasteiger partial charge in [0.2, 0.25) is 0 Å². The van der Waals surface area contributed by atoms with E-state index in [0.717, 1.165) is 35.1 Å². The molecule has 0 aliphatic carbocycles. The van der Waals surface area contributed by atoms with E-state index in [0.29, 0.717) is 11.5 Å². The molecule has 120 valence electrons. The lowest BCUT2D eigenvalue weighted by molar-refractivity contribution is 0.373. The lowest BCUT2D eigenvalue weighted by Crippen LogP contribution is -1.88. The normalized spacial score (nSPS) is 10.9. The molecule has 0 radical (unpaired) electrons. The highest BCUT2D eigenvalue weighted by Gasteiger charge is 2.13. The summed E-state index contributed by atoms with van der Waals surface area (Å²) >= 11 is 0. The molecule has 3 rings (SSSR count). The Bertz CT molecular complexity index is 833. The number of methoxy groups -OCH3 is 2. The van der Waals surface area contributed by atoms with Crippen LogP contribution in [0.25, 0.3) is 22.3 Å². The molecule has 0 atom stereocenters. The Morgan fingerprint density at radius 1 is 1.00 bits per heavy atom. The van der Waals surface area contributed by atoms with E-state index in [1.54, 1.807) is 25.3 Å². The maximum atomic E-state index is 9.72. The van der Waals surface area contributed by atoms with Gasteiger partial charge in [-0.25, -0.2) is 0 Å². The van der Waals surface area contributed by atoms with Crippen LogP contribution in [0.1, 0.15) is 18.9 Å². The van der Waals surface area contributed by atoms with Crippen molar-refractivity contribution in [3.05, 3.63) is 42.0 Å². The first-order valence-electron chi connectivity index (χ1n) is 7.64. The number of benzene rings is 2. The van der Waals surface area contributed by atoms with Crippen molar-refractivity contribution in [1.82, 2.24) is 0 Å². The number of phenolic OH excluding ortho intramolecular Hbond substituents is 1. The number of rotatable bonds is 5. The summed E-state index contributed by atoms with van der Waals surface area (Å²) in [5.74, 6) is 1.98. The Morgan fingerprint density at radius 3 is 2.48 bits per heavy atom. The van der Waals surface area contributed by atoms with Crippen LogP contribution in [0.3, 0.4) is 0 Å². The first-order valence-corrected chi connectivity index (χ1v) is 7.64. The van der Waals surface area contributed by atoms with Crippen LogP contribution in [0, 0.1) is 0 Å². The molecule has 4 nitrogen and oxygen atoms in total. The molecule has 0 bridgehead atoms. The first kappa shape index (κ1) is 15.3. The Labute approximate surface area is 135 Å². The van der Waals surface area contributed by atoms with E-state index in [1.165, 1.54) is 12.7 Å². The number of ether oxygens (including phenoxy) is 2. The number of fused-ring (bicyclic) bond motifs is 1. The monoisotopic (exact) mass is 312 g/mol. The lowest BCUT2D eigenvalue weighted by atomic mass is 10.1. The van der Waals surface area contributed by atoms with Crippen LogP contribution in [0.5, 0.6) is 17.2 Å². The molecule has 0 saturated heterocycles. The SMILES string of the molecule is CCCc1cc(OC)c2oc(-c3ccc(O)c(OC)c3)cc2c1. The van der Waals surface area contributed by atoms with Gasteiger partial charge >= 0.3 is 0 Å². The number of phenols is 1. The van der Waals surface area contributed by atoms with Gasteiger partial charge in [-0.15, -0.1) is 0 Å². The van der Waals surface area contributed by atoms with Crippen LogP contribution in [-0.4, -0.2) is 19.3 Å². The molecular weight excluding hydrogens is 292 g/mol. The summed E-state index contributed by atoms with van der Waals surface area (Å²) in [4.78, 5) is 0. The van der Waals surface area contributed by atoms with Gasteiger partial charge in [0.1, 0.15) is 5.76 Å². The molecule has 0 unspecified atom stereocenters. The fraction of sp³-hybridized carbons (Fsp3) is 0.263. The highest BCUT2D eigenvalue weighted by Crippen LogP contribution is 2.37. The minimum atomic E-state index is 0.107. The van der Waals surface area contributed by atoms with Crippen LogP contribution in [0.15, 0.2) is 40.8 Å². The topological polar surface area (TPSA) is 51.8 Å². The number of furan rings is 1. The van der Waals surface area contributed by atoms with Crippen molar-refractivity contribution in [3.63, 3.8) is 0 Å². The zero-order valence-electron chi connectivity index (χ0n) is 13.6. The summed E-state index contributed by atoms with van der Waals surface area (Å²) in [6.07, 6.45) is 2.08. The van der Waals surface area contributed by atoms with Crippen LogP contribution in [-0.2, 0) is 6.42 Å². The second kappa shape index (κ2) is 6.24. The third-order valence-electron chi connectivity index (χ3n) is 3.86.